The van der Waals surface area contributed by atoms with Gasteiger partial charge in [0, 0.05) is 18.0 Å². The molecule has 2 saturated carbocycles. The van der Waals surface area contributed by atoms with Gasteiger partial charge in [-0.1, -0.05) is 11.8 Å². The normalized spacial score (nSPS) is 26.5. The Bertz CT molecular complexity index is 420. The van der Waals surface area contributed by atoms with Crippen LogP contribution in [0.2, 0.25) is 0 Å². The zero-order valence-corrected chi connectivity index (χ0v) is 11.4. The molecule has 1 aliphatic heterocycles. The van der Waals surface area contributed by atoms with Crippen LogP contribution >= 0.6 is 11.8 Å². The third kappa shape index (κ3) is 2.63. The predicted molar refractivity (Wildman–Crippen MR) is 72.2 cm³/mol. The molecule has 0 spiro atoms. The van der Waals surface area contributed by atoms with E-state index < -0.39 is 6.03 Å². The lowest BCUT2D eigenvalue weighted by Gasteiger charge is -2.34. The molecule has 103 valence electrons. The third-order valence-electron chi connectivity index (χ3n) is 3.69. The van der Waals surface area contributed by atoms with Gasteiger partial charge in [-0.05, 0) is 31.6 Å². The van der Waals surface area contributed by atoms with E-state index in [0.717, 1.165) is 12.5 Å². The number of allylic oxidation sites excluding steroid dienone is 1. The Balaban J connectivity index is 1.76. The second-order valence-corrected chi connectivity index (χ2v) is 6.19. The highest BCUT2D eigenvalue weighted by Crippen LogP contribution is 2.42. The molecule has 0 aromatic heterocycles. The lowest BCUT2D eigenvalue weighted by atomic mass is 10.3. The van der Waals surface area contributed by atoms with Gasteiger partial charge in [-0.25, -0.2) is 10.6 Å². The Morgan fingerprint density at radius 1 is 1.53 bits per heavy atom. The summed E-state index contributed by atoms with van der Waals surface area (Å²) in [6.07, 6.45) is 6.69. The summed E-state index contributed by atoms with van der Waals surface area (Å²) in [5.74, 6) is 5.95. The first-order valence-corrected chi connectivity index (χ1v) is 7.48. The molecule has 19 heavy (non-hydrogen) atoms. The van der Waals surface area contributed by atoms with Crippen LogP contribution in [0.25, 0.3) is 0 Å². The van der Waals surface area contributed by atoms with Gasteiger partial charge in [0.1, 0.15) is 11.2 Å². The Morgan fingerprint density at radius 3 is 2.79 bits per heavy atom. The number of carbonyl (C=O) groups is 1. The molecule has 2 amide bonds. The fourth-order valence-corrected chi connectivity index (χ4v) is 3.52. The standard InChI is InChI=1S/C12H17N4O2S/c13-14-11(18)16-10(6-17)7-19-12(16)15(9-3-4-9)5-8-1-2-8/h7-9,12H,1-5,13H2,(H,14,18). The molecule has 1 heterocycles. The monoisotopic (exact) mass is 281 g/mol. The van der Waals surface area contributed by atoms with Crippen LogP contribution in [0.1, 0.15) is 25.7 Å². The van der Waals surface area contributed by atoms with Gasteiger partial charge in [-0.3, -0.25) is 20.0 Å². The quantitative estimate of drug-likeness (QED) is 0.441. The largest absolute Gasteiger partial charge is 0.338 e. The highest BCUT2D eigenvalue weighted by Gasteiger charge is 2.44. The fraction of sp³-hybridized carbons (Fsp3) is 0.667. The van der Waals surface area contributed by atoms with Crippen LogP contribution in [-0.4, -0.2) is 40.2 Å². The minimum absolute atomic E-state index is 0.159. The van der Waals surface area contributed by atoms with Gasteiger partial charge < -0.3 is 0 Å². The maximum atomic E-state index is 11.9. The lowest BCUT2D eigenvalue weighted by molar-refractivity contribution is 0.135. The van der Waals surface area contributed by atoms with Crippen LogP contribution in [-0.2, 0) is 4.79 Å². The molecular weight excluding hydrogens is 264 g/mol. The molecule has 0 aromatic rings. The maximum Gasteiger partial charge on any atom is 0.338 e. The molecule has 3 rings (SSSR count). The van der Waals surface area contributed by atoms with E-state index in [2.05, 4.69) is 10.3 Å². The van der Waals surface area contributed by atoms with E-state index in [0.29, 0.717) is 6.04 Å². The van der Waals surface area contributed by atoms with Crippen molar-refractivity contribution >= 4 is 24.1 Å². The first kappa shape index (κ1) is 13.0. The second-order valence-electron chi connectivity index (χ2n) is 5.26. The molecule has 0 bridgehead atoms. The molecule has 3 aliphatic rings. The summed E-state index contributed by atoms with van der Waals surface area (Å²) >= 11 is 1.48. The number of hydrogen-bond donors (Lipinski definition) is 2. The average Bonchev–Trinajstić information content (AvgIpc) is 3.32. The molecule has 1 radical (unpaired) electrons. The summed E-state index contributed by atoms with van der Waals surface area (Å²) < 4.78 is 0. The molecule has 0 aromatic carbocycles. The zero-order chi connectivity index (χ0) is 13.4. The van der Waals surface area contributed by atoms with Crippen LogP contribution in [0.4, 0.5) is 4.79 Å². The maximum absolute atomic E-state index is 11.9. The van der Waals surface area contributed by atoms with Gasteiger partial charge in [0.05, 0.1) is 0 Å². The number of nitrogens with two attached hydrogens (primary N) is 1. The fourth-order valence-electron chi connectivity index (χ4n) is 2.37. The van der Waals surface area contributed by atoms with E-state index in [4.69, 9.17) is 5.84 Å². The van der Waals surface area contributed by atoms with Gasteiger partial charge in [0.25, 0.3) is 6.29 Å². The first-order chi connectivity index (χ1) is 9.24. The zero-order valence-electron chi connectivity index (χ0n) is 10.5. The molecule has 1 atom stereocenters. The summed E-state index contributed by atoms with van der Waals surface area (Å²) in [6, 6.07) is 0.0802. The van der Waals surface area contributed by atoms with E-state index in [1.807, 2.05) is 6.29 Å². The number of nitrogens with one attached hydrogen (secondary N) is 1. The smallest absolute Gasteiger partial charge is 0.283 e. The second kappa shape index (κ2) is 5.15. The molecule has 1 unspecified atom stereocenters. The van der Waals surface area contributed by atoms with Crippen molar-refractivity contribution in [1.82, 2.24) is 15.2 Å². The van der Waals surface area contributed by atoms with E-state index in [-0.39, 0.29) is 11.2 Å². The number of hydrogen-bond acceptors (Lipinski definition) is 5. The molecule has 3 N–H and O–H groups in total. The van der Waals surface area contributed by atoms with Crippen LogP contribution in [0.15, 0.2) is 11.1 Å². The van der Waals surface area contributed by atoms with Crippen molar-refractivity contribution in [2.45, 2.75) is 37.2 Å². The Labute approximate surface area is 116 Å². The highest BCUT2D eigenvalue weighted by atomic mass is 32.2. The number of rotatable bonds is 5. The minimum Gasteiger partial charge on any atom is -0.283 e. The van der Waals surface area contributed by atoms with Gasteiger partial charge >= 0.3 is 6.03 Å². The summed E-state index contributed by atoms with van der Waals surface area (Å²) in [4.78, 5) is 26.6. The van der Waals surface area contributed by atoms with E-state index >= 15 is 0 Å². The molecule has 0 saturated heterocycles. The van der Waals surface area contributed by atoms with Gasteiger partial charge in [0.2, 0.25) is 0 Å². The van der Waals surface area contributed by atoms with E-state index in [1.54, 1.807) is 5.41 Å². The third-order valence-corrected chi connectivity index (χ3v) is 4.78. The Hall–Kier alpha value is -1.05. The first-order valence-electron chi connectivity index (χ1n) is 6.54. The molecule has 2 fully saturated rings. The Morgan fingerprint density at radius 2 is 2.26 bits per heavy atom. The van der Waals surface area contributed by atoms with Crippen LogP contribution in [0, 0.1) is 5.92 Å². The Kier molecular flexibility index (Phi) is 3.51. The number of urea groups is 1. The average molecular weight is 281 g/mol. The summed E-state index contributed by atoms with van der Waals surface area (Å²) in [5, 5.41) is 1.69. The van der Waals surface area contributed by atoms with Crippen molar-refractivity contribution in [3.8, 4) is 0 Å². The van der Waals surface area contributed by atoms with Crippen molar-refractivity contribution in [2.24, 2.45) is 11.8 Å². The topological polar surface area (TPSA) is 78.7 Å². The molecule has 7 heteroatoms. The van der Waals surface area contributed by atoms with Crippen molar-refractivity contribution in [3.05, 3.63) is 11.1 Å². The summed E-state index contributed by atoms with van der Waals surface area (Å²) in [5.41, 5.74) is 2.22. The lowest BCUT2D eigenvalue weighted by Crippen LogP contribution is -2.52. The van der Waals surface area contributed by atoms with Gasteiger partial charge in [-0.2, -0.15) is 0 Å². The van der Waals surface area contributed by atoms with Crippen molar-refractivity contribution in [1.29, 1.82) is 0 Å². The number of nitrogens with zero attached hydrogens (tertiary/aromatic N) is 2. The SMILES string of the molecule is NNC(=O)N1C([C]=O)=CSC1N(CC1CC1)C1CC1. The van der Waals surface area contributed by atoms with Crippen molar-refractivity contribution in [3.63, 3.8) is 0 Å². The minimum atomic E-state index is -0.453. The highest BCUT2D eigenvalue weighted by molar-refractivity contribution is 8.02. The number of carbonyl (C=O) groups excluding carboxylic acids is 2. The molecular formula is C12H17N4O2S. The van der Waals surface area contributed by atoms with E-state index in [1.165, 1.54) is 42.3 Å². The van der Waals surface area contributed by atoms with Gasteiger partial charge in [-0.15, -0.1) is 0 Å². The van der Waals surface area contributed by atoms with Gasteiger partial charge in [0.15, 0.2) is 0 Å². The van der Waals surface area contributed by atoms with Crippen LogP contribution in [0.3, 0.4) is 0 Å². The number of thioether (sulfide) groups is 1. The molecule has 6 nitrogen and oxygen atoms in total. The number of amides is 2. The van der Waals surface area contributed by atoms with E-state index in [9.17, 15) is 9.59 Å². The van der Waals surface area contributed by atoms with Crippen molar-refractivity contribution < 1.29 is 9.59 Å². The predicted octanol–water partition coefficient (Wildman–Crippen LogP) is 0.728. The summed E-state index contributed by atoms with van der Waals surface area (Å²) in [7, 11) is 0. The molecule has 2 aliphatic carbocycles. The van der Waals surface area contributed by atoms with Crippen LogP contribution in [0.5, 0.6) is 0 Å². The van der Waals surface area contributed by atoms with Crippen molar-refractivity contribution in [2.75, 3.05) is 6.54 Å². The number of hydrazine groups is 1. The summed E-state index contributed by atoms with van der Waals surface area (Å²) in [6.45, 7) is 0.997. The van der Waals surface area contributed by atoms with Crippen LogP contribution < -0.4 is 11.3 Å².